The Kier molecular flexibility index (Phi) is 4.83. The van der Waals surface area contributed by atoms with Gasteiger partial charge in [-0.3, -0.25) is 0 Å². The number of benzene rings is 1. The van der Waals surface area contributed by atoms with Crippen LogP contribution in [0.3, 0.4) is 0 Å². The van der Waals surface area contributed by atoms with E-state index in [1.807, 2.05) is 36.4 Å². The summed E-state index contributed by atoms with van der Waals surface area (Å²) in [4.78, 5) is 4.27. The topological polar surface area (TPSA) is 74.2 Å². The van der Waals surface area contributed by atoms with Gasteiger partial charge in [0, 0.05) is 12.0 Å². The van der Waals surface area contributed by atoms with E-state index < -0.39 is 0 Å². The highest BCUT2D eigenvalue weighted by atomic mass is 16.5. The summed E-state index contributed by atoms with van der Waals surface area (Å²) in [6.45, 7) is 4.99. The molecule has 6 nitrogen and oxygen atoms in total. The normalized spacial score (nSPS) is 12.4. The minimum Gasteiger partial charge on any atom is -0.369 e. The molecule has 2 aromatic heterocycles. The molecule has 0 aliphatic carbocycles. The number of hydrogen-bond donors (Lipinski definition) is 0. The second-order valence-corrected chi connectivity index (χ2v) is 5.42. The van der Waals surface area contributed by atoms with Gasteiger partial charge in [-0.2, -0.15) is 4.98 Å². The predicted octanol–water partition coefficient (Wildman–Crippen LogP) is 3.95. The zero-order valence-corrected chi connectivity index (χ0v) is 13.2. The predicted molar refractivity (Wildman–Crippen MR) is 83.4 cm³/mol. The summed E-state index contributed by atoms with van der Waals surface area (Å²) in [5.41, 5.74) is 1.99. The van der Waals surface area contributed by atoms with Gasteiger partial charge in [-0.25, -0.2) is 0 Å². The van der Waals surface area contributed by atoms with Crippen molar-refractivity contribution in [2.45, 2.75) is 39.4 Å². The number of nitrogens with zero attached hydrogens (tertiary/aromatic N) is 3. The van der Waals surface area contributed by atoms with Crippen LogP contribution in [0.4, 0.5) is 0 Å². The first kappa shape index (κ1) is 15.4. The summed E-state index contributed by atoms with van der Waals surface area (Å²) in [6.07, 6.45) is 0.994. The summed E-state index contributed by atoms with van der Waals surface area (Å²) in [7, 11) is 0. The molecule has 0 radical (unpaired) electrons. The molecule has 0 aliphatic heterocycles. The third kappa shape index (κ3) is 3.84. The van der Waals surface area contributed by atoms with Gasteiger partial charge in [0.1, 0.15) is 6.61 Å². The minimum atomic E-state index is 0.282. The Morgan fingerprint density at radius 2 is 1.91 bits per heavy atom. The molecule has 0 spiro atoms. The SMILES string of the molecule is CC[C@H](C)c1cc(-c2nc(COCc3ccccc3)no2)on1. The van der Waals surface area contributed by atoms with Crippen LogP contribution >= 0.6 is 0 Å². The van der Waals surface area contributed by atoms with E-state index in [1.165, 1.54) is 0 Å². The molecule has 3 rings (SSSR count). The van der Waals surface area contributed by atoms with Crippen molar-refractivity contribution in [1.82, 2.24) is 15.3 Å². The highest BCUT2D eigenvalue weighted by Crippen LogP contribution is 2.24. The zero-order valence-electron chi connectivity index (χ0n) is 13.2. The molecular formula is C17H19N3O3. The van der Waals surface area contributed by atoms with E-state index in [2.05, 4.69) is 29.1 Å². The molecule has 2 heterocycles. The van der Waals surface area contributed by atoms with Crippen LogP contribution in [0.2, 0.25) is 0 Å². The van der Waals surface area contributed by atoms with Crippen LogP contribution in [0.25, 0.3) is 11.7 Å². The molecule has 0 unspecified atom stereocenters. The van der Waals surface area contributed by atoms with E-state index in [4.69, 9.17) is 13.8 Å². The van der Waals surface area contributed by atoms with Crippen LogP contribution in [0, 0.1) is 0 Å². The van der Waals surface area contributed by atoms with Crippen LogP contribution < -0.4 is 0 Å². The molecule has 0 amide bonds. The molecule has 0 aliphatic rings. The third-order valence-electron chi connectivity index (χ3n) is 3.67. The largest absolute Gasteiger partial charge is 0.369 e. The maximum absolute atomic E-state index is 5.58. The molecule has 0 fully saturated rings. The highest BCUT2D eigenvalue weighted by molar-refractivity contribution is 5.44. The summed E-state index contributed by atoms with van der Waals surface area (Å²) in [5.74, 6) is 1.63. The van der Waals surface area contributed by atoms with Crippen molar-refractivity contribution in [3.63, 3.8) is 0 Å². The molecule has 0 bridgehead atoms. The van der Waals surface area contributed by atoms with Gasteiger partial charge in [-0.15, -0.1) is 0 Å². The summed E-state index contributed by atoms with van der Waals surface area (Å²) in [5, 5.41) is 7.94. The Labute approximate surface area is 134 Å². The van der Waals surface area contributed by atoms with E-state index in [-0.39, 0.29) is 6.61 Å². The van der Waals surface area contributed by atoms with Gasteiger partial charge in [-0.05, 0) is 12.0 Å². The standard InChI is InChI=1S/C17H19N3O3/c1-3-12(2)14-9-15(22-19-14)17-18-16(20-23-17)11-21-10-13-7-5-4-6-8-13/h4-9,12H,3,10-11H2,1-2H3/t12-/m0/s1. The van der Waals surface area contributed by atoms with Crippen molar-refractivity contribution < 1.29 is 13.8 Å². The molecule has 0 saturated heterocycles. The summed E-state index contributed by atoms with van der Waals surface area (Å²) in [6, 6.07) is 11.8. The number of rotatable bonds is 7. The Morgan fingerprint density at radius 1 is 1.09 bits per heavy atom. The Morgan fingerprint density at radius 3 is 2.70 bits per heavy atom. The Balaban J connectivity index is 1.58. The highest BCUT2D eigenvalue weighted by Gasteiger charge is 2.16. The smallest absolute Gasteiger partial charge is 0.296 e. The molecule has 6 heteroatoms. The lowest BCUT2D eigenvalue weighted by atomic mass is 10.1. The van der Waals surface area contributed by atoms with Gasteiger partial charge in [-0.1, -0.05) is 54.5 Å². The van der Waals surface area contributed by atoms with Crippen molar-refractivity contribution >= 4 is 0 Å². The van der Waals surface area contributed by atoms with Gasteiger partial charge in [0.15, 0.2) is 5.82 Å². The molecule has 0 saturated carbocycles. The lowest BCUT2D eigenvalue weighted by Crippen LogP contribution is -1.95. The second kappa shape index (κ2) is 7.19. The molecule has 1 aromatic carbocycles. The van der Waals surface area contributed by atoms with Gasteiger partial charge in [0.05, 0.1) is 12.3 Å². The van der Waals surface area contributed by atoms with Crippen molar-refractivity contribution in [2.75, 3.05) is 0 Å². The van der Waals surface area contributed by atoms with Gasteiger partial charge >= 0.3 is 0 Å². The fraction of sp³-hybridized carbons (Fsp3) is 0.353. The van der Waals surface area contributed by atoms with E-state index in [9.17, 15) is 0 Å². The first-order valence-corrected chi connectivity index (χ1v) is 7.67. The van der Waals surface area contributed by atoms with Crippen LogP contribution in [-0.2, 0) is 18.0 Å². The van der Waals surface area contributed by atoms with E-state index in [0.29, 0.717) is 30.0 Å². The lowest BCUT2D eigenvalue weighted by molar-refractivity contribution is 0.0999. The van der Waals surface area contributed by atoms with Crippen molar-refractivity contribution in [2.24, 2.45) is 0 Å². The number of ether oxygens (including phenoxy) is 1. The maximum Gasteiger partial charge on any atom is 0.296 e. The van der Waals surface area contributed by atoms with Gasteiger partial charge in [0.2, 0.25) is 5.76 Å². The monoisotopic (exact) mass is 313 g/mol. The van der Waals surface area contributed by atoms with Crippen LogP contribution in [0.15, 0.2) is 45.4 Å². The summed E-state index contributed by atoms with van der Waals surface area (Å²) < 4.78 is 16.1. The molecule has 0 N–H and O–H groups in total. The average molecular weight is 313 g/mol. The van der Waals surface area contributed by atoms with E-state index >= 15 is 0 Å². The number of aromatic nitrogens is 3. The third-order valence-corrected chi connectivity index (χ3v) is 3.67. The quantitative estimate of drug-likeness (QED) is 0.657. The first-order chi connectivity index (χ1) is 11.3. The maximum atomic E-state index is 5.58. The van der Waals surface area contributed by atoms with E-state index in [1.54, 1.807) is 0 Å². The zero-order chi connectivity index (χ0) is 16.1. The first-order valence-electron chi connectivity index (χ1n) is 7.67. The van der Waals surface area contributed by atoms with Gasteiger partial charge < -0.3 is 13.8 Å². The van der Waals surface area contributed by atoms with Gasteiger partial charge in [0.25, 0.3) is 5.89 Å². The molecule has 1 atom stereocenters. The lowest BCUT2D eigenvalue weighted by Gasteiger charge is -2.00. The van der Waals surface area contributed by atoms with E-state index in [0.717, 1.165) is 17.7 Å². The summed E-state index contributed by atoms with van der Waals surface area (Å²) >= 11 is 0. The molecule has 23 heavy (non-hydrogen) atoms. The minimum absolute atomic E-state index is 0.282. The Bertz CT molecular complexity index is 736. The molecule has 120 valence electrons. The average Bonchev–Trinajstić information content (AvgIpc) is 3.24. The molecular weight excluding hydrogens is 294 g/mol. The van der Waals surface area contributed by atoms with Crippen LogP contribution in [0.1, 0.15) is 43.3 Å². The Hall–Kier alpha value is -2.47. The van der Waals surface area contributed by atoms with Crippen LogP contribution in [0.5, 0.6) is 0 Å². The van der Waals surface area contributed by atoms with Crippen molar-refractivity contribution in [3.8, 4) is 11.7 Å². The number of hydrogen-bond acceptors (Lipinski definition) is 6. The fourth-order valence-corrected chi connectivity index (χ4v) is 2.08. The molecule has 3 aromatic rings. The van der Waals surface area contributed by atoms with Crippen molar-refractivity contribution in [1.29, 1.82) is 0 Å². The van der Waals surface area contributed by atoms with Crippen LogP contribution in [-0.4, -0.2) is 15.3 Å². The van der Waals surface area contributed by atoms with Crippen molar-refractivity contribution in [3.05, 3.63) is 53.5 Å². The second-order valence-electron chi connectivity index (χ2n) is 5.42. The fourth-order valence-electron chi connectivity index (χ4n) is 2.08.